The Labute approximate surface area is 171 Å². The molecule has 1 aromatic carbocycles. The summed E-state index contributed by atoms with van der Waals surface area (Å²) in [4.78, 5) is 24.5. The maximum Gasteiger partial charge on any atom is 0.339 e. The second kappa shape index (κ2) is 8.17. The van der Waals surface area contributed by atoms with Crippen LogP contribution in [-0.2, 0) is 11.2 Å². The Bertz CT molecular complexity index is 1250. The van der Waals surface area contributed by atoms with Crippen molar-refractivity contribution in [1.82, 2.24) is 9.88 Å². The number of aliphatic hydroxyl groups is 2. The second-order valence-corrected chi connectivity index (χ2v) is 7.19. The number of carbonyl (C=O) groups excluding carboxylic acids is 1. The van der Waals surface area contributed by atoms with E-state index >= 15 is 0 Å². The third kappa shape index (κ3) is 3.74. The summed E-state index contributed by atoms with van der Waals surface area (Å²) in [6.07, 6.45) is 4.77. The van der Waals surface area contributed by atoms with E-state index in [1.165, 1.54) is 0 Å². The van der Waals surface area contributed by atoms with Crippen LogP contribution >= 0.6 is 0 Å². The maximum atomic E-state index is 12.5. The molecule has 156 valence electrons. The summed E-state index contributed by atoms with van der Waals surface area (Å²) in [5.74, 6) is -0.318. The number of aryl methyl sites for hydroxylation is 1. The predicted octanol–water partition coefficient (Wildman–Crippen LogP) is 2.04. The average molecular weight is 410 g/mol. The van der Waals surface area contributed by atoms with Crippen LogP contribution in [0.25, 0.3) is 27.6 Å². The fourth-order valence-corrected chi connectivity index (χ4v) is 3.50. The van der Waals surface area contributed by atoms with Gasteiger partial charge in [0.1, 0.15) is 17.4 Å². The molecule has 30 heavy (non-hydrogen) atoms. The lowest BCUT2D eigenvalue weighted by Gasteiger charge is -2.10. The van der Waals surface area contributed by atoms with E-state index in [1.54, 1.807) is 12.3 Å². The summed E-state index contributed by atoms with van der Waals surface area (Å²) in [6.45, 7) is 1.37. The lowest BCUT2D eigenvalue weighted by Crippen LogP contribution is -2.34. The Morgan fingerprint density at radius 2 is 1.97 bits per heavy atom. The van der Waals surface area contributed by atoms with E-state index in [9.17, 15) is 14.7 Å². The molecule has 1 unspecified atom stereocenters. The topological polar surface area (TPSA) is 118 Å². The summed E-state index contributed by atoms with van der Waals surface area (Å²) in [5, 5.41) is 22.3. The molecule has 0 radical (unpaired) electrons. The summed E-state index contributed by atoms with van der Waals surface area (Å²) in [5.41, 5.74) is 2.63. The molecule has 0 saturated heterocycles. The second-order valence-electron chi connectivity index (χ2n) is 7.19. The SMILES string of the molecule is Cc1c(CCC(=O)NCC(O)CO)c(=O)oc2cc3occ(-n4cccc4)c3cc12. The third-order valence-corrected chi connectivity index (χ3v) is 5.19. The molecule has 4 rings (SSSR count). The molecule has 8 heteroatoms. The first kappa shape index (κ1) is 19.9. The van der Waals surface area contributed by atoms with Crippen molar-refractivity contribution < 1.29 is 23.8 Å². The third-order valence-electron chi connectivity index (χ3n) is 5.19. The number of aromatic nitrogens is 1. The Morgan fingerprint density at radius 3 is 2.70 bits per heavy atom. The van der Waals surface area contributed by atoms with Crippen LogP contribution in [0.2, 0.25) is 0 Å². The Kier molecular flexibility index (Phi) is 5.43. The van der Waals surface area contributed by atoms with E-state index in [0.29, 0.717) is 16.7 Å². The Hall–Kier alpha value is -3.36. The van der Waals surface area contributed by atoms with Gasteiger partial charge in [-0.1, -0.05) is 0 Å². The molecule has 0 aliphatic heterocycles. The van der Waals surface area contributed by atoms with Gasteiger partial charge in [-0.3, -0.25) is 4.79 Å². The molecule has 0 bridgehead atoms. The lowest BCUT2D eigenvalue weighted by molar-refractivity contribution is -0.121. The average Bonchev–Trinajstić information content (AvgIpc) is 3.39. The van der Waals surface area contributed by atoms with Crippen LogP contribution in [0.5, 0.6) is 0 Å². The van der Waals surface area contributed by atoms with Gasteiger partial charge in [-0.05, 0) is 37.1 Å². The van der Waals surface area contributed by atoms with E-state index < -0.39 is 18.3 Å². The Morgan fingerprint density at radius 1 is 1.20 bits per heavy atom. The van der Waals surface area contributed by atoms with Gasteiger partial charge >= 0.3 is 5.63 Å². The van der Waals surface area contributed by atoms with Crippen LogP contribution in [0.4, 0.5) is 0 Å². The molecule has 0 saturated carbocycles. The number of fused-ring (bicyclic) bond motifs is 2. The monoisotopic (exact) mass is 410 g/mol. The Balaban J connectivity index is 1.66. The zero-order chi connectivity index (χ0) is 21.3. The molecular formula is C22H22N2O6. The first-order valence-corrected chi connectivity index (χ1v) is 9.64. The van der Waals surface area contributed by atoms with Crippen molar-refractivity contribution in [2.75, 3.05) is 13.2 Å². The number of amides is 1. The van der Waals surface area contributed by atoms with Crippen molar-refractivity contribution in [1.29, 1.82) is 0 Å². The zero-order valence-corrected chi connectivity index (χ0v) is 16.4. The summed E-state index contributed by atoms with van der Waals surface area (Å²) in [6, 6.07) is 7.49. The molecule has 1 amide bonds. The molecule has 0 fully saturated rings. The van der Waals surface area contributed by atoms with Gasteiger partial charge < -0.3 is 28.9 Å². The number of hydrogen-bond donors (Lipinski definition) is 3. The lowest BCUT2D eigenvalue weighted by atomic mass is 10.0. The molecule has 0 spiro atoms. The molecule has 0 aliphatic rings. The number of rotatable bonds is 7. The number of benzene rings is 1. The highest BCUT2D eigenvalue weighted by molar-refractivity contribution is 5.98. The van der Waals surface area contributed by atoms with Crippen LogP contribution in [0.15, 0.2) is 56.6 Å². The number of furan rings is 1. The van der Waals surface area contributed by atoms with Gasteiger partial charge in [0.15, 0.2) is 0 Å². The van der Waals surface area contributed by atoms with Gasteiger partial charge in [-0.2, -0.15) is 0 Å². The fraction of sp³-hybridized carbons (Fsp3) is 0.273. The van der Waals surface area contributed by atoms with E-state index in [4.69, 9.17) is 13.9 Å². The van der Waals surface area contributed by atoms with Crippen molar-refractivity contribution in [3.8, 4) is 5.69 Å². The van der Waals surface area contributed by atoms with Gasteiger partial charge in [-0.15, -0.1) is 0 Å². The minimum absolute atomic E-state index is 0.0404. The normalized spacial score (nSPS) is 12.5. The van der Waals surface area contributed by atoms with Crippen LogP contribution in [-0.4, -0.2) is 39.9 Å². The number of aliphatic hydroxyl groups excluding tert-OH is 2. The van der Waals surface area contributed by atoms with Crippen molar-refractivity contribution >= 4 is 27.8 Å². The molecule has 0 aliphatic carbocycles. The summed E-state index contributed by atoms with van der Waals surface area (Å²) < 4.78 is 13.1. The van der Waals surface area contributed by atoms with Crippen molar-refractivity contribution in [3.05, 3.63) is 64.5 Å². The number of nitrogens with one attached hydrogen (secondary N) is 1. The van der Waals surface area contributed by atoms with Gasteiger partial charge in [-0.25, -0.2) is 4.79 Å². The number of nitrogens with zero attached hydrogens (tertiary/aromatic N) is 1. The number of carbonyl (C=O) groups is 1. The maximum absolute atomic E-state index is 12.5. The van der Waals surface area contributed by atoms with E-state index in [1.807, 2.05) is 42.1 Å². The fourth-order valence-electron chi connectivity index (χ4n) is 3.50. The molecular weight excluding hydrogens is 388 g/mol. The van der Waals surface area contributed by atoms with Crippen molar-refractivity contribution in [3.63, 3.8) is 0 Å². The van der Waals surface area contributed by atoms with Crippen molar-refractivity contribution in [2.45, 2.75) is 25.9 Å². The smallest absolute Gasteiger partial charge is 0.339 e. The predicted molar refractivity (Wildman–Crippen MR) is 111 cm³/mol. The van der Waals surface area contributed by atoms with Gasteiger partial charge in [0, 0.05) is 47.8 Å². The largest absolute Gasteiger partial charge is 0.462 e. The van der Waals surface area contributed by atoms with E-state index in [0.717, 1.165) is 22.0 Å². The molecule has 1 atom stereocenters. The summed E-state index contributed by atoms with van der Waals surface area (Å²) in [7, 11) is 0. The highest BCUT2D eigenvalue weighted by atomic mass is 16.4. The summed E-state index contributed by atoms with van der Waals surface area (Å²) >= 11 is 0. The minimum Gasteiger partial charge on any atom is -0.462 e. The van der Waals surface area contributed by atoms with Crippen molar-refractivity contribution in [2.24, 2.45) is 0 Å². The minimum atomic E-state index is -1.01. The first-order valence-electron chi connectivity index (χ1n) is 9.64. The highest BCUT2D eigenvalue weighted by Gasteiger charge is 2.16. The molecule has 3 N–H and O–H groups in total. The van der Waals surface area contributed by atoms with Crippen LogP contribution in [0, 0.1) is 6.92 Å². The quantitative estimate of drug-likeness (QED) is 0.401. The standard InChI is InChI=1S/C22H22N2O6/c1-13-15(4-5-21(27)23-10-14(26)11-25)22(28)30-20-9-19-17(8-16(13)20)18(12-29-19)24-6-2-3-7-24/h2-3,6-9,12,14,25-26H,4-5,10-11H2,1H3,(H,23,27). The zero-order valence-electron chi connectivity index (χ0n) is 16.4. The first-order chi connectivity index (χ1) is 14.5. The molecule has 3 heterocycles. The van der Waals surface area contributed by atoms with Crippen LogP contribution in [0.1, 0.15) is 17.5 Å². The molecule has 8 nitrogen and oxygen atoms in total. The van der Waals surface area contributed by atoms with E-state index in [-0.39, 0.29) is 25.3 Å². The molecule has 3 aromatic heterocycles. The van der Waals surface area contributed by atoms with Gasteiger partial charge in [0.2, 0.25) is 5.91 Å². The molecule has 4 aromatic rings. The van der Waals surface area contributed by atoms with Gasteiger partial charge in [0.25, 0.3) is 0 Å². The number of hydrogen-bond acceptors (Lipinski definition) is 6. The van der Waals surface area contributed by atoms with Crippen LogP contribution in [0.3, 0.4) is 0 Å². The van der Waals surface area contributed by atoms with Crippen LogP contribution < -0.4 is 10.9 Å². The highest BCUT2D eigenvalue weighted by Crippen LogP contribution is 2.31. The van der Waals surface area contributed by atoms with E-state index in [2.05, 4.69) is 5.32 Å². The van der Waals surface area contributed by atoms with Gasteiger partial charge in [0.05, 0.1) is 18.4 Å².